The van der Waals surface area contributed by atoms with Crippen LogP contribution in [0, 0.1) is 0 Å². The summed E-state index contributed by atoms with van der Waals surface area (Å²) in [6.07, 6.45) is 5.51. The maximum Gasteiger partial charge on any atom is 0.232 e. The molecule has 0 unspecified atom stereocenters. The van der Waals surface area contributed by atoms with Gasteiger partial charge in [0.15, 0.2) is 0 Å². The molecule has 1 aliphatic rings. The SMILES string of the molecule is CNCc1cnc(OC2CCOCC2)cn1. The van der Waals surface area contributed by atoms with Crippen molar-refractivity contribution in [3.05, 3.63) is 18.1 Å². The summed E-state index contributed by atoms with van der Waals surface area (Å²) in [4.78, 5) is 8.48. The summed E-state index contributed by atoms with van der Waals surface area (Å²) < 4.78 is 11.0. The Morgan fingerprint density at radius 2 is 2.19 bits per heavy atom. The maximum absolute atomic E-state index is 5.71. The number of ether oxygens (including phenoxy) is 2. The van der Waals surface area contributed by atoms with Crippen molar-refractivity contribution in [2.45, 2.75) is 25.5 Å². The first-order valence-electron chi connectivity index (χ1n) is 5.58. The van der Waals surface area contributed by atoms with Crippen LogP contribution in [0.3, 0.4) is 0 Å². The summed E-state index contributed by atoms with van der Waals surface area (Å²) in [5.41, 5.74) is 0.918. The largest absolute Gasteiger partial charge is 0.473 e. The zero-order valence-corrected chi connectivity index (χ0v) is 9.48. The van der Waals surface area contributed by atoms with E-state index in [1.54, 1.807) is 12.4 Å². The summed E-state index contributed by atoms with van der Waals surface area (Å²) in [7, 11) is 1.88. The molecular formula is C11H17N3O2. The Morgan fingerprint density at radius 1 is 1.38 bits per heavy atom. The van der Waals surface area contributed by atoms with Crippen LogP contribution < -0.4 is 10.1 Å². The van der Waals surface area contributed by atoms with Crippen molar-refractivity contribution in [2.75, 3.05) is 20.3 Å². The summed E-state index contributed by atoms with van der Waals surface area (Å²) in [6.45, 7) is 2.27. The van der Waals surface area contributed by atoms with Crippen LogP contribution in [0.4, 0.5) is 0 Å². The minimum Gasteiger partial charge on any atom is -0.473 e. The van der Waals surface area contributed by atoms with Gasteiger partial charge in [-0.2, -0.15) is 0 Å². The van der Waals surface area contributed by atoms with Crippen LogP contribution in [0.15, 0.2) is 12.4 Å². The van der Waals surface area contributed by atoms with Crippen molar-refractivity contribution in [1.29, 1.82) is 0 Å². The van der Waals surface area contributed by atoms with E-state index < -0.39 is 0 Å². The molecule has 0 aliphatic carbocycles. The lowest BCUT2D eigenvalue weighted by Crippen LogP contribution is -2.26. The predicted octanol–water partition coefficient (Wildman–Crippen LogP) is 0.754. The molecule has 5 heteroatoms. The van der Waals surface area contributed by atoms with E-state index in [-0.39, 0.29) is 6.10 Å². The average molecular weight is 223 g/mol. The minimum atomic E-state index is 0.221. The molecule has 1 N–H and O–H groups in total. The van der Waals surface area contributed by atoms with Crippen molar-refractivity contribution in [3.63, 3.8) is 0 Å². The third kappa shape index (κ3) is 3.15. The fourth-order valence-electron chi connectivity index (χ4n) is 1.64. The number of hydrogen-bond donors (Lipinski definition) is 1. The summed E-state index contributed by atoms with van der Waals surface area (Å²) in [6, 6.07) is 0. The third-order valence-corrected chi connectivity index (χ3v) is 2.50. The topological polar surface area (TPSA) is 56.3 Å². The third-order valence-electron chi connectivity index (χ3n) is 2.50. The standard InChI is InChI=1S/C11H17N3O2/c1-12-6-9-7-14-11(8-13-9)16-10-2-4-15-5-3-10/h7-8,10,12H,2-6H2,1H3. The minimum absolute atomic E-state index is 0.221. The van der Waals surface area contributed by atoms with Gasteiger partial charge in [-0.15, -0.1) is 0 Å². The van der Waals surface area contributed by atoms with E-state index in [2.05, 4.69) is 15.3 Å². The molecule has 0 aromatic carbocycles. The van der Waals surface area contributed by atoms with Gasteiger partial charge in [0.1, 0.15) is 6.10 Å². The molecule has 5 nitrogen and oxygen atoms in total. The maximum atomic E-state index is 5.71. The van der Waals surface area contributed by atoms with Crippen LogP contribution in [0.25, 0.3) is 0 Å². The molecule has 2 heterocycles. The van der Waals surface area contributed by atoms with Crippen LogP contribution >= 0.6 is 0 Å². The Bertz CT molecular complexity index is 310. The van der Waals surface area contributed by atoms with Crippen LogP contribution in [-0.4, -0.2) is 36.3 Å². The molecule has 1 aliphatic heterocycles. The molecule has 1 aromatic heterocycles. The van der Waals surface area contributed by atoms with Gasteiger partial charge in [-0.1, -0.05) is 0 Å². The molecule has 0 amide bonds. The molecule has 1 fully saturated rings. The average Bonchev–Trinajstić information content (AvgIpc) is 2.33. The fourth-order valence-corrected chi connectivity index (χ4v) is 1.64. The Balaban J connectivity index is 1.88. The van der Waals surface area contributed by atoms with Crippen molar-refractivity contribution in [1.82, 2.24) is 15.3 Å². The second kappa shape index (κ2) is 5.77. The number of hydrogen-bond acceptors (Lipinski definition) is 5. The fraction of sp³-hybridized carbons (Fsp3) is 0.636. The van der Waals surface area contributed by atoms with Gasteiger partial charge in [-0.3, -0.25) is 4.98 Å². The van der Waals surface area contributed by atoms with Gasteiger partial charge in [0.05, 0.1) is 31.3 Å². The number of rotatable bonds is 4. The summed E-state index contributed by atoms with van der Waals surface area (Å²) in [5, 5.41) is 3.02. The van der Waals surface area contributed by atoms with Crippen LogP contribution in [0.1, 0.15) is 18.5 Å². The molecular weight excluding hydrogens is 206 g/mol. The van der Waals surface area contributed by atoms with Crippen LogP contribution in [0.2, 0.25) is 0 Å². The van der Waals surface area contributed by atoms with E-state index in [0.717, 1.165) is 38.3 Å². The quantitative estimate of drug-likeness (QED) is 0.816. The van der Waals surface area contributed by atoms with Crippen LogP contribution in [-0.2, 0) is 11.3 Å². The Hall–Kier alpha value is -1.20. The predicted molar refractivity (Wildman–Crippen MR) is 59.3 cm³/mol. The summed E-state index contributed by atoms with van der Waals surface area (Å²) in [5.74, 6) is 0.603. The second-order valence-corrected chi connectivity index (χ2v) is 3.81. The van der Waals surface area contributed by atoms with E-state index in [0.29, 0.717) is 5.88 Å². The molecule has 16 heavy (non-hydrogen) atoms. The molecule has 0 atom stereocenters. The first-order chi connectivity index (χ1) is 7.88. The summed E-state index contributed by atoms with van der Waals surface area (Å²) >= 11 is 0. The van der Waals surface area contributed by atoms with Gasteiger partial charge < -0.3 is 14.8 Å². The van der Waals surface area contributed by atoms with Gasteiger partial charge in [-0.05, 0) is 7.05 Å². The zero-order chi connectivity index (χ0) is 11.2. The normalized spacial score (nSPS) is 17.3. The van der Waals surface area contributed by atoms with E-state index in [4.69, 9.17) is 9.47 Å². The molecule has 2 rings (SSSR count). The lowest BCUT2D eigenvalue weighted by atomic mass is 10.2. The smallest absolute Gasteiger partial charge is 0.232 e. The number of nitrogens with zero attached hydrogens (tertiary/aromatic N) is 2. The van der Waals surface area contributed by atoms with Gasteiger partial charge >= 0.3 is 0 Å². The molecule has 1 saturated heterocycles. The molecule has 0 radical (unpaired) electrons. The van der Waals surface area contributed by atoms with Gasteiger partial charge in [0.25, 0.3) is 0 Å². The Kier molecular flexibility index (Phi) is 4.07. The number of nitrogens with one attached hydrogen (secondary N) is 1. The van der Waals surface area contributed by atoms with Crippen molar-refractivity contribution in [3.8, 4) is 5.88 Å². The molecule has 0 saturated carbocycles. The zero-order valence-electron chi connectivity index (χ0n) is 9.48. The van der Waals surface area contributed by atoms with E-state index in [1.807, 2.05) is 7.05 Å². The lowest BCUT2D eigenvalue weighted by Gasteiger charge is -2.22. The Labute approximate surface area is 95.2 Å². The van der Waals surface area contributed by atoms with Crippen LogP contribution in [0.5, 0.6) is 5.88 Å². The van der Waals surface area contributed by atoms with Crippen molar-refractivity contribution < 1.29 is 9.47 Å². The van der Waals surface area contributed by atoms with E-state index in [9.17, 15) is 0 Å². The first-order valence-corrected chi connectivity index (χ1v) is 5.58. The Morgan fingerprint density at radius 3 is 2.81 bits per heavy atom. The van der Waals surface area contributed by atoms with Gasteiger partial charge in [0.2, 0.25) is 5.88 Å². The highest BCUT2D eigenvalue weighted by molar-refractivity contribution is 5.07. The number of aromatic nitrogens is 2. The highest BCUT2D eigenvalue weighted by atomic mass is 16.5. The van der Waals surface area contributed by atoms with Gasteiger partial charge in [0, 0.05) is 19.4 Å². The highest BCUT2D eigenvalue weighted by Gasteiger charge is 2.15. The monoisotopic (exact) mass is 223 g/mol. The first kappa shape index (κ1) is 11.3. The lowest BCUT2D eigenvalue weighted by molar-refractivity contribution is 0.0235. The molecule has 0 bridgehead atoms. The molecule has 0 spiro atoms. The van der Waals surface area contributed by atoms with Gasteiger partial charge in [-0.25, -0.2) is 4.98 Å². The second-order valence-electron chi connectivity index (χ2n) is 3.81. The van der Waals surface area contributed by atoms with Crippen molar-refractivity contribution >= 4 is 0 Å². The van der Waals surface area contributed by atoms with Crippen molar-refractivity contribution in [2.24, 2.45) is 0 Å². The molecule has 88 valence electrons. The van der Waals surface area contributed by atoms with E-state index >= 15 is 0 Å². The highest BCUT2D eigenvalue weighted by Crippen LogP contribution is 2.14. The molecule has 1 aromatic rings. The van der Waals surface area contributed by atoms with E-state index in [1.165, 1.54) is 0 Å².